The molecule has 0 bridgehead atoms. The first-order valence-electron chi connectivity index (χ1n) is 5.68. The van der Waals surface area contributed by atoms with Crippen LogP contribution in [-0.4, -0.2) is 42.5 Å². The van der Waals surface area contributed by atoms with E-state index >= 15 is 0 Å². The van der Waals surface area contributed by atoms with Gasteiger partial charge in [0, 0.05) is 33.0 Å². The molecule has 1 atom stereocenters. The van der Waals surface area contributed by atoms with E-state index in [1.807, 2.05) is 6.07 Å². The molecule has 1 unspecified atom stereocenters. The molecule has 1 aromatic heterocycles. The Morgan fingerprint density at radius 1 is 1.59 bits per heavy atom. The Labute approximate surface area is 106 Å². The second-order valence-corrected chi connectivity index (χ2v) is 4.82. The summed E-state index contributed by atoms with van der Waals surface area (Å²) in [5.41, 5.74) is 0.902. The minimum atomic E-state index is -0.0927. The molecule has 17 heavy (non-hydrogen) atoms. The predicted molar refractivity (Wildman–Crippen MR) is 68.3 cm³/mol. The van der Waals surface area contributed by atoms with Gasteiger partial charge in [0.05, 0.1) is 10.7 Å². The van der Waals surface area contributed by atoms with Crippen molar-refractivity contribution in [1.82, 2.24) is 9.88 Å². The van der Waals surface area contributed by atoms with E-state index in [1.54, 1.807) is 31.4 Å². The Hall–Kier alpha value is -1.29. The van der Waals surface area contributed by atoms with Crippen molar-refractivity contribution >= 4 is 23.2 Å². The van der Waals surface area contributed by atoms with Gasteiger partial charge in [-0.2, -0.15) is 0 Å². The topological polar surface area (TPSA) is 36.4 Å². The first-order valence-corrected chi connectivity index (χ1v) is 6.06. The maximum atomic E-state index is 12.1. The number of carbonyl (C=O) groups is 1. The largest absolute Gasteiger partial charge is 0.358 e. The van der Waals surface area contributed by atoms with Gasteiger partial charge in [-0.3, -0.25) is 9.78 Å². The van der Waals surface area contributed by atoms with Gasteiger partial charge in [0.1, 0.15) is 6.04 Å². The first-order chi connectivity index (χ1) is 8.11. The van der Waals surface area contributed by atoms with Crippen molar-refractivity contribution in [2.75, 3.05) is 25.5 Å². The summed E-state index contributed by atoms with van der Waals surface area (Å²) in [6.07, 6.45) is 5.22. The number of amides is 1. The number of aromatic nitrogens is 1. The fraction of sp³-hybridized carbons (Fsp3) is 0.500. The van der Waals surface area contributed by atoms with Gasteiger partial charge in [0.2, 0.25) is 5.91 Å². The summed E-state index contributed by atoms with van der Waals surface area (Å²) in [5.74, 6) is 0.135. The monoisotopic (exact) mass is 253 g/mol. The van der Waals surface area contributed by atoms with E-state index in [-0.39, 0.29) is 11.9 Å². The predicted octanol–water partition coefficient (Wildman–Crippen LogP) is 1.79. The number of anilines is 1. The van der Waals surface area contributed by atoms with Gasteiger partial charge in [-0.1, -0.05) is 11.6 Å². The molecule has 0 aliphatic carbocycles. The molecular weight excluding hydrogens is 238 g/mol. The number of likely N-dealkylation sites (N-methyl/N-ethyl adjacent to an activating group) is 1. The van der Waals surface area contributed by atoms with Crippen LogP contribution in [0, 0.1) is 0 Å². The van der Waals surface area contributed by atoms with Gasteiger partial charge in [0.25, 0.3) is 0 Å². The van der Waals surface area contributed by atoms with Crippen LogP contribution >= 0.6 is 11.6 Å². The molecule has 0 spiro atoms. The van der Waals surface area contributed by atoms with Gasteiger partial charge >= 0.3 is 0 Å². The molecule has 0 radical (unpaired) electrons. The lowest BCUT2D eigenvalue weighted by atomic mass is 10.2. The highest BCUT2D eigenvalue weighted by Gasteiger charge is 2.32. The third-order valence-electron chi connectivity index (χ3n) is 3.04. The van der Waals surface area contributed by atoms with E-state index in [1.165, 1.54) is 0 Å². The van der Waals surface area contributed by atoms with Crippen LogP contribution in [0.3, 0.4) is 0 Å². The summed E-state index contributed by atoms with van der Waals surface area (Å²) in [6.45, 7) is 0.869. The molecule has 5 heteroatoms. The normalized spacial score (nSPS) is 19.5. The fourth-order valence-electron chi connectivity index (χ4n) is 2.21. The lowest BCUT2D eigenvalue weighted by Crippen LogP contribution is -2.42. The van der Waals surface area contributed by atoms with Gasteiger partial charge in [-0.25, -0.2) is 0 Å². The fourth-order valence-corrected chi connectivity index (χ4v) is 2.44. The molecule has 2 heterocycles. The van der Waals surface area contributed by atoms with Crippen molar-refractivity contribution in [2.24, 2.45) is 0 Å². The second kappa shape index (κ2) is 4.92. The van der Waals surface area contributed by atoms with Crippen molar-refractivity contribution in [3.05, 3.63) is 23.5 Å². The molecule has 92 valence electrons. The SMILES string of the molecule is CN(C)C(=O)C1CCCN1c1ccncc1Cl. The van der Waals surface area contributed by atoms with Gasteiger partial charge in [-0.05, 0) is 18.9 Å². The average molecular weight is 254 g/mol. The zero-order chi connectivity index (χ0) is 12.4. The molecule has 1 amide bonds. The number of rotatable bonds is 2. The highest BCUT2D eigenvalue weighted by atomic mass is 35.5. The van der Waals surface area contributed by atoms with Crippen LogP contribution in [-0.2, 0) is 4.79 Å². The van der Waals surface area contributed by atoms with E-state index in [0.717, 1.165) is 25.1 Å². The summed E-state index contributed by atoms with van der Waals surface area (Å²) in [5, 5.41) is 0.603. The molecule has 4 nitrogen and oxygen atoms in total. The first kappa shape index (κ1) is 12.2. The van der Waals surface area contributed by atoms with E-state index < -0.39 is 0 Å². The molecular formula is C12H16ClN3O. The zero-order valence-corrected chi connectivity index (χ0v) is 10.8. The van der Waals surface area contributed by atoms with Crippen LogP contribution in [0.4, 0.5) is 5.69 Å². The summed E-state index contributed by atoms with van der Waals surface area (Å²) in [6, 6.07) is 1.77. The quantitative estimate of drug-likeness (QED) is 0.806. The molecule has 2 rings (SSSR count). The van der Waals surface area contributed by atoms with Crippen LogP contribution in [0.15, 0.2) is 18.5 Å². The van der Waals surface area contributed by atoms with E-state index in [4.69, 9.17) is 11.6 Å². The van der Waals surface area contributed by atoms with Crippen molar-refractivity contribution in [3.63, 3.8) is 0 Å². The van der Waals surface area contributed by atoms with E-state index in [0.29, 0.717) is 5.02 Å². The Balaban J connectivity index is 2.26. The summed E-state index contributed by atoms with van der Waals surface area (Å²) in [4.78, 5) is 19.7. The molecule has 1 fully saturated rings. The van der Waals surface area contributed by atoms with Crippen LogP contribution in [0.2, 0.25) is 5.02 Å². The summed E-state index contributed by atoms with van der Waals surface area (Å²) >= 11 is 6.12. The lowest BCUT2D eigenvalue weighted by Gasteiger charge is -2.28. The molecule has 1 aliphatic rings. The maximum Gasteiger partial charge on any atom is 0.244 e. The summed E-state index contributed by atoms with van der Waals surface area (Å²) in [7, 11) is 3.57. The molecule has 0 N–H and O–H groups in total. The third-order valence-corrected chi connectivity index (χ3v) is 3.33. The van der Waals surface area contributed by atoms with Crippen LogP contribution in [0.25, 0.3) is 0 Å². The molecule has 1 aromatic rings. The molecule has 1 aliphatic heterocycles. The number of hydrogen-bond donors (Lipinski definition) is 0. The number of halogens is 1. The Kier molecular flexibility index (Phi) is 3.52. The summed E-state index contributed by atoms with van der Waals surface area (Å²) < 4.78 is 0. The maximum absolute atomic E-state index is 12.1. The van der Waals surface area contributed by atoms with Gasteiger partial charge < -0.3 is 9.80 Å². The van der Waals surface area contributed by atoms with E-state index in [2.05, 4.69) is 9.88 Å². The highest BCUT2D eigenvalue weighted by Crippen LogP contribution is 2.31. The highest BCUT2D eigenvalue weighted by molar-refractivity contribution is 6.33. The van der Waals surface area contributed by atoms with Crippen molar-refractivity contribution in [2.45, 2.75) is 18.9 Å². The van der Waals surface area contributed by atoms with Crippen molar-refractivity contribution in [3.8, 4) is 0 Å². The minimum Gasteiger partial charge on any atom is -0.358 e. The van der Waals surface area contributed by atoms with Crippen LogP contribution in [0.1, 0.15) is 12.8 Å². The number of carbonyl (C=O) groups excluding carboxylic acids is 1. The van der Waals surface area contributed by atoms with Crippen molar-refractivity contribution < 1.29 is 4.79 Å². The van der Waals surface area contributed by atoms with Gasteiger partial charge in [-0.15, -0.1) is 0 Å². The smallest absolute Gasteiger partial charge is 0.244 e. The number of hydrogen-bond acceptors (Lipinski definition) is 3. The second-order valence-electron chi connectivity index (χ2n) is 4.41. The Morgan fingerprint density at radius 2 is 2.35 bits per heavy atom. The number of nitrogens with zero attached hydrogens (tertiary/aromatic N) is 3. The Morgan fingerprint density at radius 3 is 3.00 bits per heavy atom. The van der Waals surface area contributed by atoms with E-state index in [9.17, 15) is 4.79 Å². The molecule has 1 saturated heterocycles. The van der Waals surface area contributed by atoms with Crippen molar-refractivity contribution in [1.29, 1.82) is 0 Å². The lowest BCUT2D eigenvalue weighted by molar-refractivity contribution is -0.129. The average Bonchev–Trinajstić information content (AvgIpc) is 2.77. The van der Waals surface area contributed by atoms with Crippen LogP contribution < -0.4 is 4.90 Å². The third kappa shape index (κ3) is 2.36. The number of pyridine rings is 1. The molecule has 0 saturated carbocycles. The minimum absolute atomic E-state index is 0.0927. The zero-order valence-electron chi connectivity index (χ0n) is 10.1. The van der Waals surface area contributed by atoms with Gasteiger partial charge in [0.15, 0.2) is 0 Å². The Bertz CT molecular complexity index is 422. The molecule has 0 aromatic carbocycles. The standard InChI is InChI=1S/C12H16ClN3O/c1-15(2)12(17)11-4-3-7-16(11)10-5-6-14-8-9(10)13/h5-6,8,11H,3-4,7H2,1-2H3. The van der Waals surface area contributed by atoms with Crippen LogP contribution in [0.5, 0.6) is 0 Å².